The van der Waals surface area contributed by atoms with Crippen molar-refractivity contribution in [2.75, 3.05) is 19.5 Å². The quantitative estimate of drug-likeness (QED) is 0.763. The molecule has 0 unspecified atom stereocenters. The summed E-state index contributed by atoms with van der Waals surface area (Å²) >= 11 is 5.35. The van der Waals surface area contributed by atoms with E-state index < -0.39 is 0 Å². The van der Waals surface area contributed by atoms with Gasteiger partial charge in [0.2, 0.25) is 0 Å². The van der Waals surface area contributed by atoms with Gasteiger partial charge >= 0.3 is 0 Å². The standard InChI is InChI=1S/C18H21FN2O2S/c1-4-15(12-5-10-16(22-2)17(11-12)23-3)21-18(24)20-14-8-6-13(19)7-9-14/h5-11,15H,4H2,1-3H3,(H2,20,21,24)/t15-/m0/s1. The fourth-order valence-corrected chi connectivity index (χ4v) is 2.61. The van der Waals surface area contributed by atoms with Gasteiger partial charge in [0.25, 0.3) is 0 Å². The molecule has 0 aliphatic rings. The maximum Gasteiger partial charge on any atom is 0.171 e. The number of nitrogens with one attached hydrogen (secondary N) is 2. The molecule has 0 heterocycles. The van der Waals surface area contributed by atoms with Gasteiger partial charge in [0.05, 0.1) is 20.3 Å². The maximum absolute atomic E-state index is 12.9. The van der Waals surface area contributed by atoms with Crippen LogP contribution in [0.4, 0.5) is 10.1 Å². The van der Waals surface area contributed by atoms with Crippen LogP contribution >= 0.6 is 12.2 Å². The Morgan fingerprint density at radius 1 is 1.08 bits per heavy atom. The molecule has 2 aromatic carbocycles. The second kappa shape index (κ2) is 8.49. The Morgan fingerprint density at radius 2 is 1.75 bits per heavy atom. The van der Waals surface area contributed by atoms with Gasteiger partial charge in [-0.15, -0.1) is 0 Å². The van der Waals surface area contributed by atoms with Gasteiger partial charge in [-0.05, 0) is 60.6 Å². The van der Waals surface area contributed by atoms with Crippen molar-refractivity contribution >= 4 is 23.0 Å². The minimum absolute atomic E-state index is 0.0188. The first-order valence-electron chi connectivity index (χ1n) is 7.62. The van der Waals surface area contributed by atoms with Crippen LogP contribution in [-0.2, 0) is 0 Å². The molecule has 0 aromatic heterocycles. The van der Waals surface area contributed by atoms with E-state index in [-0.39, 0.29) is 11.9 Å². The maximum atomic E-state index is 12.9. The summed E-state index contributed by atoms with van der Waals surface area (Å²) < 4.78 is 23.6. The van der Waals surface area contributed by atoms with Crippen LogP contribution in [0.2, 0.25) is 0 Å². The molecule has 0 aliphatic carbocycles. The smallest absolute Gasteiger partial charge is 0.171 e. The first kappa shape index (κ1) is 18.0. The Balaban J connectivity index is 2.08. The molecule has 4 nitrogen and oxygen atoms in total. The predicted molar refractivity (Wildman–Crippen MR) is 98.3 cm³/mol. The van der Waals surface area contributed by atoms with Gasteiger partial charge < -0.3 is 20.1 Å². The molecule has 0 aliphatic heterocycles. The Labute approximate surface area is 147 Å². The Bertz CT molecular complexity index is 692. The molecule has 1 atom stereocenters. The average Bonchev–Trinajstić information content (AvgIpc) is 2.61. The van der Waals surface area contributed by atoms with Crippen LogP contribution in [-0.4, -0.2) is 19.3 Å². The van der Waals surface area contributed by atoms with Crippen molar-refractivity contribution in [1.82, 2.24) is 5.32 Å². The van der Waals surface area contributed by atoms with E-state index in [2.05, 4.69) is 17.6 Å². The van der Waals surface area contributed by atoms with E-state index in [0.717, 1.165) is 17.7 Å². The summed E-state index contributed by atoms with van der Waals surface area (Å²) in [6.07, 6.45) is 0.834. The normalized spacial score (nSPS) is 11.5. The summed E-state index contributed by atoms with van der Waals surface area (Å²) in [5, 5.41) is 6.79. The van der Waals surface area contributed by atoms with Crippen LogP contribution < -0.4 is 20.1 Å². The molecule has 2 N–H and O–H groups in total. The molecule has 2 rings (SSSR count). The number of anilines is 1. The van der Waals surface area contributed by atoms with Gasteiger partial charge in [0, 0.05) is 5.69 Å². The SMILES string of the molecule is CC[C@H](NC(=S)Nc1ccc(F)cc1)c1ccc(OC)c(OC)c1. The van der Waals surface area contributed by atoms with Gasteiger partial charge in [-0.2, -0.15) is 0 Å². The van der Waals surface area contributed by atoms with E-state index in [9.17, 15) is 4.39 Å². The van der Waals surface area contributed by atoms with Crippen molar-refractivity contribution < 1.29 is 13.9 Å². The fraction of sp³-hybridized carbons (Fsp3) is 0.278. The first-order chi connectivity index (χ1) is 11.6. The molecule has 0 amide bonds. The third kappa shape index (κ3) is 4.58. The second-order valence-corrected chi connectivity index (χ2v) is 5.59. The predicted octanol–water partition coefficient (Wildman–Crippen LogP) is 4.28. The molecule has 0 saturated heterocycles. The Morgan fingerprint density at radius 3 is 2.33 bits per heavy atom. The number of thiocarbonyl (C=S) groups is 1. The topological polar surface area (TPSA) is 42.5 Å². The third-order valence-corrected chi connectivity index (χ3v) is 3.85. The van der Waals surface area contributed by atoms with Gasteiger partial charge in [0.15, 0.2) is 16.6 Å². The van der Waals surface area contributed by atoms with Crippen molar-refractivity contribution in [3.63, 3.8) is 0 Å². The zero-order chi connectivity index (χ0) is 17.5. The average molecular weight is 348 g/mol. The van der Waals surface area contributed by atoms with E-state index in [1.54, 1.807) is 26.4 Å². The molecule has 128 valence electrons. The number of ether oxygens (including phenoxy) is 2. The highest BCUT2D eigenvalue weighted by Gasteiger charge is 2.14. The summed E-state index contributed by atoms with van der Waals surface area (Å²) in [7, 11) is 3.21. The number of hydrogen-bond acceptors (Lipinski definition) is 3. The molecule has 2 aromatic rings. The summed E-state index contributed by atoms with van der Waals surface area (Å²) in [5.74, 6) is 1.08. The molecule has 0 saturated carbocycles. The molecule has 0 spiro atoms. The molecular formula is C18H21FN2O2S. The molecular weight excluding hydrogens is 327 g/mol. The summed E-state index contributed by atoms with van der Waals surface area (Å²) in [5.41, 5.74) is 1.77. The monoisotopic (exact) mass is 348 g/mol. The van der Waals surface area contributed by atoms with Crippen molar-refractivity contribution in [3.05, 3.63) is 53.8 Å². The zero-order valence-corrected chi connectivity index (χ0v) is 14.7. The number of benzene rings is 2. The van der Waals surface area contributed by atoms with Crippen molar-refractivity contribution in [1.29, 1.82) is 0 Å². The minimum Gasteiger partial charge on any atom is -0.493 e. The summed E-state index contributed by atoms with van der Waals surface area (Å²) in [6, 6.07) is 11.8. The molecule has 0 radical (unpaired) electrons. The van der Waals surface area contributed by atoms with Crippen LogP contribution in [0.5, 0.6) is 11.5 Å². The van der Waals surface area contributed by atoms with Crippen LogP contribution in [0.25, 0.3) is 0 Å². The van der Waals surface area contributed by atoms with Crippen molar-refractivity contribution in [2.24, 2.45) is 0 Å². The lowest BCUT2D eigenvalue weighted by Crippen LogP contribution is -2.32. The number of rotatable bonds is 6. The van der Waals surface area contributed by atoms with E-state index in [1.165, 1.54) is 12.1 Å². The molecule has 6 heteroatoms. The van der Waals surface area contributed by atoms with Crippen LogP contribution in [0, 0.1) is 5.82 Å². The lowest BCUT2D eigenvalue weighted by Gasteiger charge is -2.21. The van der Waals surface area contributed by atoms with E-state index in [4.69, 9.17) is 21.7 Å². The molecule has 0 fully saturated rings. The summed E-state index contributed by atoms with van der Waals surface area (Å²) in [6.45, 7) is 2.06. The molecule has 24 heavy (non-hydrogen) atoms. The van der Waals surface area contributed by atoms with E-state index in [0.29, 0.717) is 16.6 Å². The highest BCUT2D eigenvalue weighted by Crippen LogP contribution is 2.30. The van der Waals surface area contributed by atoms with E-state index >= 15 is 0 Å². The number of hydrogen-bond donors (Lipinski definition) is 2. The summed E-state index contributed by atoms with van der Waals surface area (Å²) in [4.78, 5) is 0. The van der Waals surface area contributed by atoms with Gasteiger partial charge in [0.1, 0.15) is 5.82 Å². The number of halogens is 1. The van der Waals surface area contributed by atoms with Crippen LogP contribution in [0.15, 0.2) is 42.5 Å². The highest BCUT2D eigenvalue weighted by atomic mass is 32.1. The zero-order valence-electron chi connectivity index (χ0n) is 13.9. The fourth-order valence-electron chi connectivity index (χ4n) is 2.35. The number of methoxy groups -OCH3 is 2. The van der Waals surface area contributed by atoms with Gasteiger partial charge in [-0.3, -0.25) is 0 Å². The Hall–Kier alpha value is -2.34. The van der Waals surface area contributed by atoms with Gasteiger partial charge in [-0.1, -0.05) is 13.0 Å². The largest absolute Gasteiger partial charge is 0.493 e. The van der Waals surface area contributed by atoms with Crippen LogP contribution in [0.3, 0.4) is 0 Å². The van der Waals surface area contributed by atoms with E-state index in [1.807, 2.05) is 18.2 Å². The Kier molecular flexibility index (Phi) is 6.37. The second-order valence-electron chi connectivity index (χ2n) is 5.18. The van der Waals surface area contributed by atoms with Crippen LogP contribution in [0.1, 0.15) is 24.9 Å². The van der Waals surface area contributed by atoms with Crippen molar-refractivity contribution in [3.8, 4) is 11.5 Å². The minimum atomic E-state index is -0.281. The first-order valence-corrected chi connectivity index (χ1v) is 8.03. The molecule has 0 bridgehead atoms. The van der Waals surface area contributed by atoms with Gasteiger partial charge in [-0.25, -0.2) is 4.39 Å². The highest BCUT2D eigenvalue weighted by molar-refractivity contribution is 7.80. The lowest BCUT2D eigenvalue weighted by molar-refractivity contribution is 0.354. The lowest BCUT2D eigenvalue weighted by atomic mass is 10.0. The van der Waals surface area contributed by atoms with Crippen molar-refractivity contribution in [2.45, 2.75) is 19.4 Å². The third-order valence-electron chi connectivity index (χ3n) is 3.63.